The fourth-order valence-corrected chi connectivity index (χ4v) is 3.92. The van der Waals surface area contributed by atoms with Gasteiger partial charge < -0.3 is 10.1 Å². The van der Waals surface area contributed by atoms with Crippen molar-refractivity contribution in [1.82, 2.24) is 0 Å². The summed E-state index contributed by atoms with van der Waals surface area (Å²) in [4.78, 5) is 0. The Morgan fingerprint density at radius 2 is 2.05 bits per heavy atom. The Morgan fingerprint density at radius 3 is 2.80 bits per heavy atom. The lowest BCUT2D eigenvalue weighted by atomic mass is 9.83. The second-order valence-corrected chi connectivity index (χ2v) is 7.22. The van der Waals surface area contributed by atoms with E-state index in [4.69, 9.17) is 4.74 Å². The first-order valence-electron chi connectivity index (χ1n) is 7.85. The summed E-state index contributed by atoms with van der Waals surface area (Å²) < 4.78 is 7.56. The Morgan fingerprint density at radius 1 is 1.25 bits per heavy atom. The van der Waals surface area contributed by atoms with E-state index < -0.39 is 0 Å². The van der Waals surface area contributed by atoms with E-state index >= 15 is 0 Å². The highest BCUT2D eigenvalue weighted by Gasteiger charge is 2.40. The summed E-state index contributed by atoms with van der Waals surface area (Å²) in [5.41, 5.74) is 2.68. The molecule has 1 aliphatic carbocycles. The summed E-state index contributed by atoms with van der Waals surface area (Å²) in [5, 5.41) is 3.52. The normalized spacial score (nSPS) is 25.0. The van der Waals surface area contributed by atoms with Crippen LogP contribution >= 0.6 is 15.9 Å². The molecule has 110 valence electrons. The predicted molar refractivity (Wildman–Crippen MR) is 87.3 cm³/mol. The van der Waals surface area contributed by atoms with E-state index in [0.717, 1.165) is 6.54 Å². The number of ether oxygens (including phenoxy) is 1. The highest BCUT2D eigenvalue weighted by molar-refractivity contribution is 9.10. The summed E-state index contributed by atoms with van der Waals surface area (Å²) >= 11 is 3.59. The molecule has 0 amide bonds. The minimum absolute atomic E-state index is 0.235. The molecule has 1 heterocycles. The molecule has 1 N–H and O–H groups in total. The molecule has 20 heavy (non-hydrogen) atoms. The highest BCUT2D eigenvalue weighted by atomic mass is 79.9. The van der Waals surface area contributed by atoms with Crippen LogP contribution in [0.5, 0.6) is 0 Å². The van der Waals surface area contributed by atoms with Gasteiger partial charge in [-0.25, -0.2) is 0 Å². The van der Waals surface area contributed by atoms with Gasteiger partial charge in [-0.3, -0.25) is 0 Å². The van der Waals surface area contributed by atoms with Crippen molar-refractivity contribution >= 4 is 21.6 Å². The monoisotopic (exact) mass is 337 g/mol. The summed E-state index contributed by atoms with van der Waals surface area (Å²) in [5.74, 6) is 0. The highest BCUT2D eigenvalue weighted by Crippen LogP contribution is 2.41. The number of hydrogen-bond acceptors (Lipinski definition) is 2. The molecular weight excluding hydrogens is 314 g/mol. The number of anilines is 1. The van der Waals surface area contributed by atoms with Crippen LogP contribution in [-0.4, -0.2) is 18.2 Å². The number of halogens is 1. The van der Waals surface area contributed by atoms with Gasteiger partial charge in [-0.05, 0) is 50.3 Å². The van der Waals surface area contributed by atoms with Gasteiger partial charge in [0.05, 0.1) is 11.7 Å². The molecule has 0 bridgehead atoms. The molecule has 3 rings (SSSR count). The first-order chi connectivity index (χ1) is 9.67. The summed E-state index contributed by atoms with van der Waals surface area (Å²) in [6.07, 6.45) is 9.51. The fraction of sp³-hybridized carbons (Fsp3) is 0.647. The van der Waals surface area contributed by atoms with Crippen LogP contribution < -0.4 is 5.32 Å². The minimum atomic E-state index is 0.235. The lowest BCUT2D eigenvalue weighted by molar-refractivity contribution is -0.0588. The van der Waals surface area contributed by atoms with Crippen molar-refractivity contribution in [2.45, 2.75) is 63.6 Å². The standard InChI is InChI=1S/C17H24BrNO/c1-13-5-6-14(11-16(13)18)19-12-15-7-10-17(20-15)8-3-2-4-9-17/h5-6,11,15,19H,2-4,7-10,12H2,1H3. The fourth-order valence-electron chi connectivity index (χ4n) is 3.54. The van der Waals surface area contributed by atoms with Crippen molar-refractivity contribution in [3.8, 4) is 0 Å². The summed E-state index contributed by atoms with van der Waals surface area (Å²) in [6.45, 7) is 3.04. The number of nitrogens with one attached hydrogen (secondary N) is 1. The number of benzene rings is 1. The van der Waals surface area contributed by atoms with E-state index in [0.29, 0.717) is 6.10 Å². The molecular formula is C17H24BrNO. The Kier molecular flexibility index (Phi) is 4.37. The third-order valence-electron chi connectivity index (χ3n) is 4.81. The van der Waals surface area contributed by atoms with Crippen LogP contribution in [0.25, 0.3) is 0 Å². The molecule has 1 spiro atoms. The van der Waals surface area contributed by atoms with Crippen LogP contribution in [-0.2, 0) is 4.74 Å². The number of hydrogen-bond donors (Lipinski definition) is 1. The molecule has 0 aromatic heterocycles. The van der Waals surface area contributed by atoms with Crippen molar-refractivity contribution in [3.05, 3.63) is 28.2 Å². The van der Waals surface area contributed by atoms with Crippen molar-refractivity contribution in [2.24, 2.45) is 0 Å². The Bertz CT molecular complexity index is 468. The Hall–Kier alpha value is -0.540. The summed E-state index contributed by atoms with van der Waals surface area (Å²) in [6, 6.07) is 6.44. The maximum Gasteiger partial charge on any atom is 0.0756 e. The van der Waals surface area contributed by atoms with Crippen LogP contribution in [0.1, 0.15) is 50.5 Å². The first kappa shape index (κ1) is 14.4. The SMILES string of the molecule is Cc1ccc(NCC2CCC3(CCCCC3)O2)cc1Br. The lowest BCUT2D eigenvalue weighted by Crippen LogP contribution is -2.33. The second-order valence-electron chi connectivity index (χ2n) is 6.37. The van der Waals surface area contributed by atoms with Crippen LogP contribution in [0.3, 0.4) is 0 Å². The van der Waals surface area contributed by atoms with E-state index in [-0.39, 0.29) is 5.60 Å². The largest absolute Gasteiger partial charge is 0.382 e. The molecule has 3 heteroatoms. The molecule has 2 fully saturated rings. The lowest BCUT2D eigenvalue weighted by Gasteiger charge is -2.33. The number of rotatable bonds is 3. The molecule has 1 unspecified atom stereocenters. The van der Waals surface area contributed by atoms with Crippen molar-refractivity contribution in [1.29, 1.82) is 0 Å². The second kappa shape index (κ2) is 6.07. The van der Waals surface area contributed by atoms with Gasteiger partial charge in [0.25, 0.3) is 0 Å². The van der Waals surface area contributed by atoms with Gasteiger partial charge in [-0.15, -0.1) is 0 Å². The minimum Gasteiger partial charge on any atom is -0.382 e. The zero-order chi connectivity index (χ0) is 14.0. The maximum atomic E-state index is 6.39. The molecule has 1 aromatic rings. The van der Waals surface area contributed by atoms with E-state index in [9.17, 15) is 0 Å². The van der Waals surface area contributed by atoms with Crippen LogP contribution in [0, 0.1) is 6.92 Å². The molecule has 2 nitrogen and oxygen atoms in total. The van der Waals surface area contributed by atoms with Gasteiger partial charge in [-0.2, -0.15) is 0 Å². The van der Waals surface area contributed by atoms with Gasteiger partial charge in [0, 0.05) is 16.7 Å². The molecule has 0 radical (unpaired) electrons. The molecule has 2 aliphatic rings. The van der Waals surface area contributed by atoms with Crippen LogP contribution in [0.2, 0.25) is 0 Å². The zero-order valence-corrected chi connectivity index (χ0v) is 13.8. The predicted octanol–water partition coefficient (Wildman–Crippen LogP) is 5.05. The molecule has 1 aromatic carbocycles. The topological polar surface area (TPSA) is 21.3 Å². The maximum absolute atomic E-state index is 6.39. The molecule has 1 aliphatic heterocycles. The quantitative estimate of drug-likeness (QED) is 0.833. The molecule has 1 saturated carbocycles. The average Bonchev–Trinajstić information content (AvgIpc) is 2.84. The number of aryl methyl sites for hydroxylation is 1. The molecule has 1 saturated heterocycles. The van der Waals surface area contributed by atoms with Crippen LogP contribution in [0.15, 0.2) is 22.7 Å². The van der Waals surface area contributed by atoms with E-state index in [1.165, 1.54) is 60.7 Å². The smallest absolute Gasteiger partial charge is 0.0756 e. The van der Waals surface area contributed by atoms with Crippen molar-refractivity contribution in [2.75, 3.05) is 11.9 Å². The Balaban J connectivity index is 1.53. The van der Waals surface area contributed by atoms with Gasteiger partial charge >= 0.3 is 0 Å². The van der Waals surface area contributed by atoms with Crippen molar-refractivity contribution < 1.29 is 4.74 Å². The van der Waals surface area contributed by atoms with E-state index in [2.05, 4.69) is 46.4 Å². The van der Waals surface area contributed by atoms with E-state index in [1.807, 2.05) is 0 Å². The van der Waals surface area contributed by atoms with Gasteiger partial charge in [0.1, 0.15) is 0 Å². The average molecular weight is 338 g/mol. The van der Waals surface area contributed by atoms with Crippen molar-refractivity contribution in [3.63, 3.8) is 0 Å². The summed E-state index contributed by atoms with van der Waals surface area (Å²) in [7, 11) is 0. The third-order valence-corrected chi connectivity index (χ3v) is 5.66. The zero-order valence-electron chi connectivity index (χ0n) is 12.3. The van der Waals surface area contributed by atoms with Gasteiger partial charge in [0.2, 0.25) is 0 Å². The molecule has 1 atom stereocenters. The van der Waals surface area contributed by atoms with Gasteiger partial charge in [0.15, 0.2) is 0 Å². The van der Waals surface area contributed by atoms with E-state index in [1.54, 1.807) is 0 Å². The third kappa shape index (κ3) is 3.20. The van der Waals surface area contributed by atoms with Gasteiger partial charge in [-0.1, -0.05) is 41.3 Å². The Labute approximate surface area is 130 Å². The first-order valence-corrected chi connectivity index (χ1v) is 8.64. The van der Waals surface area contributed by atoms with Crippen LogP contribution in [0.4, 0.5) is 5.69 Å².